The number of pyridine rings is 1. The summed E-state index contributed by atoms with van der Waals surface area (Å²) in [5.41, 5.74) is 8.39. The molecule has 2 aromatic heterocycles. The van der Waals surface area contributed by atoms with Crippen LogP contribution in [0.15, 0.2) is 30.7 Å². The molecule has 88 valence electrons. The Hall–Kier alpha value is -2.30. The second-order valence-corrected chi connectivity index (χ2v) is 3.91. The SMILES string of the molecule is Cc1ccncc1NC(=O)c1cc(N)cn1C. The summed E-state index contributed by atoms with van der Waals surface area (Å²) in [6.07, 6.45) is 5.01. The van der Waals surface area contributed by atoms with E-state index in [2.05, 4.69) is 10.3 Å². The van der Waals surface area contributed by atoms with Gasteiger partial charge in [-0.15, -0.1) is 0 Å². The summed E-state index contributed by atoms with van der Waals surface area (Å²) in [6.45, 7) is 1.91. The summed E-state index contributed by atoms with van der Waals surface area (Å²) < 4.78 is 1.69. The molecule has 3 N–H and O–H groups in total. The van der Waals surface area contributed by atoms with Crippen LogP contribution in [0.1, 0.15) is 16.1 Å². The highest BCUT2D eigenvalue weighted by Crippen LogP contribution is 2.15. The summed E-state index contributed by atoms with van der Waals surface area (Å²) in [7, 11) is 1.78. The molecule has 0 aliphatic rings. The van der Waals surface area contributed by atoms with Gasteiger partial charge in [-0.1, -0.05) is 0 Å². The van der Waals surface area contributed by atoms with Crippen molar-refractivity contribution in [3.05, 3.63) is 42.0 Å². The van der Waals surface area contributed by atoms with Crippen molar-refractivity contribution >= 4 is 17.3 Å². The van der Waals surface area contributed by atoms with E-state index in [1.807, 2.05) is 13.0 Å². The Balaban J connectivity index is 2.23. The van der Waals surface area contributed by atoms with E-state index in [9.17, 15) is 4.79 Å². The lowest BCUT2D eigenvalue weighted by Crippen LogP contribution is -2.16. The van der Waals surface area contributed by atoms with Gasteiger partial charge in [-0.25, -0.2) is 0 Å². The first-order valence-corrected chi connectivity index (χ1v) is 5.21. The van der Waals surface area contributed by atoms with E-state index >= 15 is 0 Å². The zero-order valence-electron chi connectivity index (χ0n) is 9.77. The summed E-state index contributed by atoms with van der Waals surface area (Å²) in [5.74, 6) is -0.194. The van der Waals surface area contributed by atoms with Crippen LogP contribution in [-0.4, -0.2) is 15.5 Å². The maximum atomic E-state index is 12.0. The minimum Gasteiger partial charge on any atom is -0.397 e. The molecule has 0 spiro atoms. The van der Waals surface area contributed by atoms with E-state index in [0.29, 0.717) is 17.1 Å². The molecule has 0 bridgehead atoms. The molecule has 5 heteroatoms. The molecule has 2 heterocycles. The molecular weight excluding hydrogens is 216 g/mol. The van der Waals surface area contributed by atoms with Gasteiger partial charge < -0.3 is 15.6 Å². The van der Waals surface area contributed by atoms with Gasteiger partial charge in [0.1, 0.15) is 5.69 Å². The summed E-state index contributed by atoms with van der Waals surface area (Å²) in [5, 5.41) is 2.80. The fourth-order valence-corrected chi connectivity index (χ4v) is 1.60. The van der Waals surface area contributed by atoms with Crippen LogP contribution in [0.2, 0.25) is 0 Å². The van der Waals surface area contributed by atoms with Crippen LogP contribution in [0.25, 0.3) is 0 Å². The number of nitrogens with two attached hydrogens (primary N) is 1. The third kappa shape index (κ3) is 2.28. The van der Waals surface area contributed by atoms with Gasteiger partial charge >= 0.3 is 0 Å². The minimum atomic E-state index is -0.194. The van der Waals surface area contributed by atoms with Crippen molar-refractivity contribution in [1.82, 2.24) is 9.55 Å². The number of amides is 1. The molecule has 0 saturated heterocycles. The van der Waals surface area contributed by atoms with Gasteiger partial charge in [0, 0.05) is 19.4 Å². The third-order valence-corrected chi connectivity index (χ3v) is 2.55. The Kier molecular flexibility index (Phi) is 2.82. The molecule has 2 rings (SSSR count). The Morgan fingerprint density at radius 3 is 2.88 bits per heavy atom. The van der Waals surface area contributed by atoms with Crippen LogP contribution < -0.4 is 11.1 Å². The first-order valence-electron chi connectivity index (χ1n) is 5.21. The lowest BCUT2D eigenvalue weighted by atomic mass is 10.2. The molecule has 1 amide bonds. The van der Waals surface area contributed by atoms with Crippen molar-refractivity contribution in [3.63, 3.8) is 0 Å². The quantitative estimate of drug-likeness (QED) is 0.822. The fraction of sp³-hybridized carbons (Fsp3) is 0.167. The van der Waals surface area contributed by atoms with E-state index in [1.54, 1.807) is 36.3 Å². The van der Waals surface area contributed by atoms with Crippen LogP contribution in [-0.2, 0) is 7.05 Å². The van der Waals surface area contributed by atoms with Crippen molar-refractivity contribution in [1.29, 1.82) is 0 Å². The van der Waals surface area contributed by atoms with E-state index in [4.69, 9.17) is 5.73 Å². The molecule has 0 fully saturated rings. The highest BCUT2D eigenvalue weighted by Gasteiger charge is 2.11. The maximum Gasteiger partial charge on any atom is 0.272 e. The van der Waals surface area contributed by atoms with Crippen molar-refractivity contribution in [3.8, 4) is 0 Å². The molecule has 17 heavy (non-hydrogen) atoms. The predicted molar refractivity (Wildman–Crippen MR) is 66.8 cm³/mol. The van der Waals surface area contributed by atoms with Crippen LogP contribution in [0.4, 0.5) is 11.4 Å². The molecule has 5 nitrogen and oxygen atoms in total. The van der Waals surface area contributed by atoms with Gasteiger partial charge in [-0.3, -0.25) is 9.78 Å². The molecular formula is C12H14N4O. The normalized spacial score (nSPS) is 10.2. The number of nitrogens with zero attached hydrogens (tertiary/aromatic N) is 2. The number of hydrogen-bond donors (Lipinski definition) is 2. The number of carbonyl (C=O) groups excluding carboxylic acids is 1. The Bertz CT molecular complexity index is 559. The standard InChI is InChI=1S/C12H14N4O/c1-8-3-4-14-6-10(8)15-12(17)11-5-9(13)7-16(11)2/h3-7H,13H2,1-2H3,(H,15,17). The third-order valence-electron chi connectivity index (χ3n) is 2.55. The summed E-state index contributed by atoms with van der Waals surface area (Å²) >= 11 is 0. The number of nitrogens with one attached hydrogen (secondary N) is 1. The molecule has 0 aromatic carbocycles. The minimum absolute atomic E-state index is 0.194. The smallest absolute Gasteiger partial charge is 0.272 e. The number of aryl methyl sites for hydroxylation is 2. The van der Waals surface area contributed by atoms with Gasteiger partial charge in [0.2, 0.25) is 0 Å². The first kappa shape index (κ1) is 11.2. The highest BCUT2D eigenvalue weighted by molar-refractivity contribution is 6.04. The average Bonchev–Trinajstić information content (AvgIpc) is 2.61. The van der Waals surface area contributed by atoms with E-state index in [0.717, 1.165) is 5.56 Å². The lowest BCUT2D eigenvalue weighted by Gasteiger charge is -2.07. The lowest BCUT2D eigenvalue weighted by molar-refractivity contribution is 0.101. The molecule has 0 unspecified atom stereocenters. The topological polar surface area (TPSA) is 72.9 Å². The van der Waals surface area contributed by atoms with Gasteiger partial charge in [-0.05, 0) is 24.6 Å². The van der Waals surface area contributed by atoms with E-state index in [1.165, 1.54) is 0 Å². The Morgan fingerprint density at radius 2 is 2.29 bits per heavy atom. The van der Waals surface area contributed by atoms with E-state index < -0.39 is 0 Å². The number of anilines is 2. The van der Waals surface area contributed by atoms with Crippen molar-refractivity contribution in [2.75, 3.05) is 11.1 Å². The van der Waals surface area contributed by atoms with E-state index in [-0.39, 0.29) is 5.91 Å². The predicted octanol–water partition coefficient (Wildman–Crippen LogP) is 1.56. The maximum absolute atomic E-state index is 12.0. The fourth-order valence-electron chi connectivity index (χ4n) is 1.60. The number of carbonyl (C=O) groups is 1. The second-order valence-electron chi connectivity index (χ2n) is 3.91. The average molecular weight is 230 g/mol. The summed E-state index contributed by atoms with van der Waals surface area (Å²) in [6, 6.07) is 3.48. The van der Waals surface area contributed by atoms with Crippen LogP contribution >= 0.6 is 0 Å². The zero-order chi connectivity index (χ0) is 12.4. The van der Waals surface area contributed by atoms with Gasteiger partial charge in [0.15, 0.2) is 0 Å². The number of hydrogen-bond acceptors (Lipinski definition) is 3. The zero-order valence-corrected chi connectivity index (χ0v) is 9.77. The van der Waals surface area contributed by atoms with Gasteiger partial charge in [-0.2, -0.15) is 0 Å². The largest absolute Gasteiger partial charge is 0.397 e. The van der Waals surface area contributed by atoms with Crippen LogP contribution in [0, 0.1) is 6.92 Å². The molecule has 2 aromatic rings. The molecule has 0 aliphatic carbocycles. The van der Waals surface area contributed by atoms with Gasteiger partial charge in [0.25, 0.3) is 5.91 Å². The molecule has 0 atom stereocenters. The molecule has 0 saturated carbocycles. The van der Waals surface area contributed by atoms with Crippen LogP contribution in [0.5, 0.6) is 0 Å². The van der Waals surface area contributed by atoms with Crippen LogP contribution in [0.3, 0.4) is 0 Å². The first-order chi connectivity index (χ1) is 8.08. The Morgan fingerprint density at radius 1 is 1.53 bits per heavy atom. The number of nitrogen functional groups attached to an aromatic ring is 1. The number of rotatable bonds is 2. The summed E-state index contributed by atoms with van der Waals surface area (Å²) in [4.78, 5) is 16.0. The highest BCUT2D eigenvalue weighted by atomic mass is 16.1. The van der Waals surface area contributed by atoms with Crippen molar-refractivity contribution < 1.29 is 4.79 Å². The molecule has 0 aliphatic heterocycles. The number of aromatic nitrogens is 2. The Labute approximate surface area is 99.3 Å². The molecule has 0 radical (unpaired) electrons. The monoisotopic (exact) mass is 230 g/mol. The van der Waals surface area contributed by atoms with Crippen molar-refractivity contribution in [2.45, 2.75) is 6.92 Å². The van der Waals surface area contributed by atoms with Gasteiger partial charge in [0.05, 0.1) is 17.6 Å². The second kappa shape index (κ2) is 4.29. The van der Waals surface area contributed by atoms with Crippen molar-refractivity contribution in [2.24, 2.45) is 7.05 Å².